The second-order valence-electron chi connectivity index (χ2n) is 10.6. The Morgan fingerprint density at radius 1 is 1.10 bits per heavy atom. The van der Waals surface area contributed by atoms with Crippen molar-refractivity contribution >= 4 is 33.4 Å². The summed E-state index contributed by atoms with van der Waals surface area (Å²) in [5, 5.41) is 7.24. The van der Waals surface area contributed by atoms with E-state index in [2.05, 4.69) is 20.6 Å². The summed E-state index contributed by atoms with van der Waals surface area (Å²) in [4.78, 5) is 31.2. The van der Waals surface area contributed by atoms with Gasteiger partial charge in [-0.2, -0.15) is 0 Å². The van der Waals surface area contributed by atoms with Gasteiger partial charge in [0.25, 0.3) is 5.91 Å². The van der Waals surface area contributed by atoms with Crippen molar-refractivity contribution in [2.75, 3.05) is 38.4 Å². The first-order valence-electron chi connectivity index (χ1n) is 13.0. The van der Waals surface area contributed by atoms with Crippen molar-refractivity contribution in [2.24, 2.45) is 5.41 Å². The molecule has 1 unspecified atom stereocenters. The highest BCUT2D eigenvalue weighted by molar-refractivity contribution is 7.84. The van der Waals surface area contributed by atoms with E-state index < -0.39 is 10.8 Å². The molecule has 10 nitrogen and oxygen atoms in total. The average Bonchev–Trinajstić information content (AvgIpc) is 3.50. The van der Waals surface area contributed by atoms with E-state index in [9.17, 15) is 9.00 Å². The Labute approximate surface area is 234 Å². The molecule has 1 atom stereocenters. The quantitative estimate of drug-likeness (QED) is 0.301. The van der Waals surface area contributed by atoms with Crippen LogP contribution in [0.2, 0.25) is 0 Å². The molecule has 2 aliphatic heterocycles. The minimum Gasteiger partial charge on any atom is -0.382 e. The number of nitrogens with one attached hydrogen (secondary N) is 2. The third-order valence-corrected chi connectivity index (χ3v) is 8.40. The van der Waals surface area contributed by atoms with E-state index in [1.807, 2.05) is 36.4 Å². The summed E-state index contributed by atoms with van der Waals surface area (Å²) in [6.07, 6.45) is 8.25. The van der Waals surface area contributed by atoms with E-state index in [1.54, 1.807) is 25.6 Å². The lowest BCUT2D eigenvalue weighted by Crippen LogP contribution is -2.50. The third kappa shape index (κ3) is 5.32. The maximum absolute atomic E-state index is 12.6. The molecular formula is C29H30N6O4S. The minimum absolute atomic E-state index is 0.101. The molecule has 1 amide bonds. The van der Waals surface area contributed by atoms with E-state index in [4.69, 9.17) is 19.4 Å². The normalized spacial score (nSPS) is 22.1. The van der Waals surface area contributed by atoms with Gasteiger partial charge >= 0.3 is 0 Å². The summed E-state index contributed by atoms with van der Waals surface area (Å²) >= 11 is 0. The zero-order valence-corrected chi connectivity index (χ0v) is 23.2. The number of carbonyl (C=O) groups is 1. The first-order valence-corrected chi connectivity index (χ1v) is 14.6. The second-order valence-corrected chi connectivity index (χ2v) is 12.0. The average molecular weight is 559 g/mol. The fourth-order valence-electron chi connectivity index (χ4n) is 5.63. The number of methoxy groups -OCH3 is 1. The van der Waals surface area contributed by atoms with Crippen LogP contribution in [0, 0.1) is 5.41 Å². The van der Waals surface area contributed by atoms with Crippen LogP contribution in [0.1, 0.15) is 28.9 Å². The smallest absolute Gasteiger partial charge is 0.253 e. The molecule has 6 heterocycles. The van der Waals surface area contributed by atoms with E-state index in [0.29, 0.717) is 22.8 Å². The summed E-state index contributed by atoms with van der Waals surface area (Å²) in [7, 11) is 0.502. The lowest BCUT2D eigenvalue weighted by atomic mass is 9.62. The van der Waals surface area contributed by atoms with Crippen molar-refractivity contribution in [2.45, 2.75) is 29.9 Å². The van der Waals surface area contributed by atoms with E-state index in [-0.39, 0.29) is 23.5 Å². The van der Waals surface area contributed by atoms with Crippen LogP contribution in [0.3, 0.4) is 0 Å². The molecular weight excluding hydrogens is 528 g/mol. The number of carbonyl (C=O) groups excluding carboxylic acids is 1. The summed E-state index contributed by atoms with van der Waals surface area (Å²) in [6.45, 7) is 2.41. The van der Waals surface area contributed by atoms with Crippen molar-refractivity contribution in [3.63, 3.8) is 0 Å². The molecule has 4 aromatic heterocycles. The Hall–Kier alpha value is -3.80. The van der Waals surface area contributed by atoms with Crippen molar-refractivity contribution in [1.29, 1.82) is 0 Å². The number of pyridine rings is 4. The first-order chi connectivity index (χ1) is 19.4. The Morgan fingerprint density at radius 2 is 1.95 bits per heavy atom. The number of nitrogens with zero attached hydrogens (tertiary/aromatic N) is 4. The van der Waals surface area contributed by atoms with Crippen LogP contribution in [0.4, 0.5) is 5.82 Å². The topological polar surface area (TPSA) is 128 Å². The molecule has 3 aliphatic rings. The molecule has 2 bridgehead atoms. The van der Waals surface area contributed by atoms with Gasteiger partial charge < -0.3 is 20.1 Å². The third-order valence-electron chi connectivity index (χ3n) is 7.51. The zero-order valence-electron chi connectivity index (χ0n) is 22.3. The fraction of sp³-hybridized carbons (Fsp3) is 0.345. The van der Waals surface area contributed by atoms with Gasteiger partial charge in [0.2, 0.25) is 0 Å². The number of anilines is 1. The van der Waals surface area contributed by atoms with Crippen LogP contribution in [0.5, 0.6) is 0 Å². The van der Waals surface area contributed by atoms with E-state index in [1.165, 1.54) is 12.4 Å². The van der Waals surface area contributed by atoms with Gasteiger partial charge in [-0.25, -0.2) is 9.97 Å². The summed E-state index contributed by atoms with van der Waals surface area (Å²) in [5.74, 6) is 0.487. The highest BCUT2D eigenvalue weighted by Crippen LogP contribution is 2.57. The van der Waals surface area contributed by atoms with Crippen molar-refractivity contribution in [3.8, 4) is 11.4 Å². The zero-order chi connectivity index (χ0) is 27.7. The molecule has 7 rings (SSSR count). The molecule has 206 valence electrons. The lowest BCUT2D eigenvalue weighted by molar-refractivity contribution is -0.0686. The predicted molar refractivity (Wildman–Crippen MR) is 151 cm³/mol. The number of rotatable bonds is 10. The number of ether oxygens (including phenoxy) is 2. The highest BCUT2D eigenvalue weighted by atomic mass is 32.2. The maximum Gasteiger partial charge on any atom is 0.253 e. The Morgan fingerprint density at radius 3 is 2.77 bits per heavy atom. The number of hydrogen-bond acceptors (Lipinski definition) is 9. The highest BCUT2D eigenvalue weighted by Gasteiger charge is 2.62. The van der Waals surface area contributed by atoms with Gasteiger partial charge in [-0.15, -0.1) is 0 Å². The van der Waals surface area contributed by atoms with Gasteiger partial charge in [0.05, 0.1) is 69.2 Å². The van der Waals surface area contributed by atoms with Gasteiger partial charge in [0, 0.05) is 49.3 Å². The van der Waals surface area contributed by atoms with Crippen LogP contribution in [-0.4, -0.2) is 68.8 Å². The standard InChI is InChI=1S/C29H30N6O4S/c1-38-18-29-14-28(15-29,17-39-29)16-33-26-5-3-4-23(35-26)24-7-6-19-11-31-21(9-25(19)34-24)12-32-27(36)20-8-22(40(2)37)13-30-10-20/h3-11,13H,12,14-18H2,1-2H3,(H,32,36)(H,33,35). The molecule has 0 spiro atoms. The fourth-order valence-corrected chi connectivity index (χ4v) is 6.13. The second kappa shape index (κ2) is 10.6. The number of hydrogen-bond donors (Lipinski definition) is 2. The largest absolute Gasteiger partial charge is 0.382 e. The van der Waals surface area contributed by atoms with Gasteiger partial charge in [0.1, 0.15) is 5.82 Å². The Balaban J connectivity index is 1.13. The SMILES string of the molecule is COCC12CC(CNc3cccc(-c4ccc5cnc(CNC(=O)c6cncc(S(C)=O)c6)cc5n4)n3)(CO1)C2. The first kappa shape index (κ1) is 26.4. The summed E-state index contributed by atoms with van der Waals surface area (Å²) in [6, 6.07) is 13.2. The van der Waals surface area contributed by atoms with E-state index in [0.717, 1.165) is 54.1 Å². The molecule has 40 heavy (non-hydrogen) atoms. The number of amides is 1. The van der Waals surface area contributed by atoms with Gasteiger partial charge in [0.15, 0.2) is 0 Å². The molecule has 0 radical (unpaired) electrons. The van der Waals surface area contributed by atoms with Gasteiger partial charge in [-0.3, -0.25) is 19.0 Å². The van der Waals surface area contributed by atoms with Gasteiger partial charge in [-0.1, -0.05) is 6.07 Å². The Bertz CT molecular complexity index is 1610. The molecule has 2 saturated heterocycles. The predicted octanol–water partition coefficient (Wildman–Crippen LogP) is 3.36. The minimum atomic E-state index is -1.22. The van der Waals surface area contributed by atoms with Crippen LogP contribution in [0.25, 0.3) is 22.3 Å². The lowest BCUT2D eigenvalue weighted by Gasteiger charge is -2.44. The number of aromatic nitrogens is 4. The summed E-state index contributed by atoms with van der Waals surface area (Å²) < 4.78 is 23.1. The van der Waals surface area contributed by atoms with E-state index >= 15 is 0 Å². The van der Waals surface area contributed by atoms with Crippen molar-refractivity contribution in [1.82, 2.24) is 25.3 Å². The molecule has 2 N–H and O–H groups in total. The molecule has 4 aromatic rings. The maximum atomic E-state index is 12.6. The molecule has 1 saturated carbocycles. The van der Waals surface area contributed by atoms with Crippen LogP contribution in [0.15, 0.2) is 66.0 Å². The Kier molecular flexibility index (Phi) is 7.03. The van der Waals surface area contributed by atoms with Crippen molar-refractivity contribution < 1.29 is 18.5 Å². The molecule has 11 heteroatoms. The van der Waals surface area contributed by atoms with Crippen LogP contribution in [-0.2, 0) is 26.8 Å². The monoisotopic (exact) mass is 558 g/mol. The van der Waals surface area contributed by atoms with Gasteiger partial charge in [-0.05, 0) is 49.2 Å². The van der Waals surface area contributed by atoms with Crippen molar-refractivity contribution in [3.05, 3.63) is 72.3 Å². The summed E-state index contributed by atoms with van der Waals surface area (Å²) in [5.41, 5.74) is 3.33. The number of fused-ring (bicyclic) bond motifs is 2. The molecule has 1 aliphatic carbocycles. The molecule has 0 aromatic carbocycles. The molecule has 3 fully saturated rings. The van der Waals surface area contributed by atoms with Crippen LogP contribution < -0.4 is 10.6 Å². The van der Waals surface area contributed by atoms with Crippen LogP contribution >= 0.6 is 0 Å².